The lowest BCUT2D eigenvalue weighted by Gasteiger charge is -2.04. The Labute approximate surface area is 115 Å². The highest BCUT2D eigenvalue weighted by molar-refractivity contribution is 5.82. The molecular weight excluding hydrogens is 243 g/mol. The minimum Gasteiger partial charge on any atom is -0.374 e. The lowest BCUT2D eigenvalue weighted by molar-refractivity contribution is -0.122. The van der Waals surface area contributed by atoms with Gasteiger partial charge in [-0.05, 0) is 24.1 Å². The van der Waals surface area contributed by atoms with Crippen molar-refractivity contribution < 1.29 is 13.9 Å². The Kier molecular flexibility index (Phi) is 8.07. The smallest absolute Gasteiger partial charge is 0.162 e. The van der Waals surface area contributed by atoms with Gasteiger partial charge in [-0.15, -0.1) is 0 Å². The number of Topliss-reactive ketones (excluding diaryl/α,β-unsaturated/α-hetero) is 1. The van der Waals surface area contributed by atoms with E-state index < -0.39 is 0 Å². The van der Waals surface area contributed by atoms with Crippen molar-refractivity contribution in [3.63, 3.8) is 0 Å². The molecule has 0 fully saturated rings. The Bertz CT molecular complexity index is 360. The van der Waals surface area contributed by atoms with E-state index >= 15 is 0 Å². The van der Waals surface area contributed by atoms with Crippen LogP contribution in [0.15, 0.2) is 24.3 Å². The van der Waals surface area contributed by atoms with Crippen molar-refractivity contribution in [3.8, 4) is 0 Å². The highest BCUT2D eigenvalue weighted by Gasteiger charge is 2.04. The molecule has 0 amide bonds. The van der Waals surface area contributed by atoms with Crippen LogP contribution in [-0.4, -0.2) is 19.0 Å². The van der Waals surface area contributed by atoms with E-state index in [-0.39, 0.29) is 18.2 Å². The van der Waals surface area contributed by atoms with Crippen LogP contribution in [0.25, 0.3) is 0 Å². The Morgan fingerprint density at radius 3 is 2.47 bits per heavy atom. The standard InChI is InChI=1S/C16H23FO2/c1-2-3-4-5-6-11-19-13-16(18)12-14-7-9-15(17)10-8-14/h7-10H,2-6,11-13H2,1H3. The molecule has 0 unspecified atom stereocenters. The highest BCUT2D eigenvalue weighted by Crippen LogP contribution is 2.05. The first-order chi connectivity index (χ1) is 9.22. The summed E-state index contributed by atoms with van der Waals surface area (Å²) < 4.78 is 18.0. The van der Waals surface area contributed by atoms with Crippen molar-refractivity contribution >= 4 is 5.78 Å². The average molecular weight is 266 g/mol. The van der Waals surface area contributed by atoms with Crippen molar-refractivity contribution in [2.75, 3.05) is 13.2 Å². The summed E-state index contributed by atoms with van der Waals surface area (Å²) in [5.74, 6) is -0.236. The van der Waals surface area contributed by atoms with Crippen LogP contribution in [0, 0.1) is 5.82 Å². The van der Waals surface area contributed by atoms with Gasteiger partial charge >= 0.3 is 0 Å². The minimum atomic E-state index is -0.278. The molecule has 0 saturated carbocycles. The molecule has 0 bridgehead atoms. The second-order valence-electron chi connectivity index (χ2n) is 4.81. The maximum atomic E-state index is 12.7. The van der Waals surface area contributed by atoms with Crippen LogP contribution in [0.1, 0.15) is 44.6 Å². The summed E-state index contributed by atoms with van der Waals surface area (Å²) >= 11 is 0. The van der Waals surface area contributed by atoms with Crippen LogP contribution >= 0.6 is 0 Å². The van der Waals surface area contributed by atoms with Gasteiger partial charge in [0.25, 0.3) is 0 Å². The maximum absolute atomic E-state index is 12.7. The molecule has 0 aliphatic rings. The summed E-state index contributed by atoms with van der Waals surface area (Å²) in [6.07, 6.45) is 6.24. The predicted octanol–water partition coefficient (Wildman–Crippen LogP) is 3.92. The van der Waals surface area contributed by atoms with E-state index in [1.165, 1.54) is 37.8 Å². The molecular formula is C16H23FO2. The van der Waals surface area contributed by atoms with E-state index in [1.54, 1.807) is 12.1 Å². The van der Waals surface area contributed by atoms with Crippen LogP contribution in [0.4, 0.5) is 4.39 Å². The number of unbranched alkanes of at least 4 members (excludes halogenated alkanes) is 4. The first kappa shape index (κ1) is 15.8. The monoisotopic (exact) mass is 266 g/mol. The summed E-state index contributed by atoms with van der Waals surface area (Å²) in [6.45, 7) is 2.99. The number of hydrogen-bond donors (Lipinski definition) is 0. The molecule has 1 aromatic rings. The lowest BCUT2D eigenvalue weighted by atomic mass is 10.1. The van der Waals surface area contributed by atoms with Gasteiger partial charge in [-0.1, -0.05) is 44.7 Å². The highest BCUT2D eigenvalue weighted by atomic mass is 19.1. The lowest BCUT2D eigenvalue weighted by Crippen LogP contribution is -2.12. The Morgan fingerprint density at radius 1 is 1.11 bits per heavy atom. The van der Waals surface area contributed by atoms with Crippen molar-refractivity contribution in [1.82, 2.24) is 0 Å². The fraction of sp³-hybridized carbons (Fsp3) is 0.562. The zero-order valence-corrected chi connectivity index (χ0v) is 11.7. The third-order valence-electron chi connectivity index (χ3n) is 2.97. The van der Waals surface area contributed by atoms with Crippen molar-refractivity contribution in [1.29, 1.82) is 0 Å². The molecule has 1 aromatic carbocycles. The minimum absolute atomic E-state index is 0.0418. The van der Waals surface area contributed by atoms with Crippen molar-refractivity contribution in [2.24, 2.45) is 0 Å². The topological polar surface area (TPSA) is 26.3 Å². The zero-order chi connectivity index (χ0) is 13.9. The molecule has 0 aliphatic heterocycles. The summed E-state index contributed by atoms with van der Waals surface area (Å²) in [7, 11) is 0. The van der Waals surface area contributed by atoms with Gasteiger partial charge in [0.05, 0.1) is 0 Å². The Balaban J connectivity index is 2.06. The number of benzene rings is 1. The van der Waals surface area contributed by atoms with Gasteiger partial charge in [0.2, 0.25) is 0 Å². The molecule has 3 heteroatoms. The van der Waals surface area contributed by atoms with Gasteiger partial charge in [-0.2, -0.15) is 0 Å². The molecule has 0 aromatic heterocycles. The zero-order valence-electron chi connectivity index (χ0n) is 11.7. The summed E-state index contributed by atoms with van der Waals surface area (Å²) in [5, 5.41) is 0. The average Bonchev–Trinajstić information content (AvgIpc) is 2.40. The van der Waals surface area contributed by atoms with Crippen LogP contribution in [-0.2, 0) is 16.0 Å². The second kappa shape index (κ2) is 9.68. The Morgan fingerprint density at radius 2 is 1.79 bits per heavy atom. The van der Waals surface area contributed by atoms with Gasteiger partial charge in [-0.25, -0.2) is 4.39 Å². The number of ether oxygens (including phenoxy) is 1. The fourth-order valence-corrected chi connectivity index (χ4v) is 1.87. The SMILES string of the molecule is CCCCCCCOCC(=O)Cc1ccc(F)cc1. The third-order valence-corrected chi connectivity index (χ3v) is 2.97. The number of carbonyl (C=O) groups excluding carboxylic acids is 1. The van der Waals surface area contributed by atoms with Crippen LogP contribution in [0.3, 0.4) is 0 Å². The molecule has 106 valence electrons. The van der Waals surface area contributed by atoms with Crippen LogP contribution in [0.2, 0.25) is 0 Å². The number of rotatable bonds is 10. The first-order valence-corrected chi connectivity index (χ1v) is 7.06. The number of halogens is 1. The Hall–Kier alpha value is -1.22. The van der Waals surface area contributed by atoms with E-state index in [2.05, 4.69) is 6.92 Å². The van der Waals surface area contributed by atoms with E-state index in [0.717, 1.165) is 12.0 Å². The molecule has 2 nitrogen and oxygen atoms in total. The predicted molar refractivity (Wildman–Crippen MR) is 74.7 cm³/mol. The second-order valence-corrected chi connectivity index (χ2v) is 4.81. The van der Waals surface area contributed by atoms with E-state index in [4.69, 9.17) is 4.74 Å². The molecule has 0 radical (unpaired) electrons. The number of carbonyl (C=O) groups is 1. The molecule has 0 N–H and O–H groups in total. The van der Waals surface area contributed by atoms with Gasteiger partial charge < -0.3 is 4.74 Å². The molecule has 0 atom stereocenters. The van der Waals surface area contributed by atoms with Crippen LogP contribution < -0.4 is 0 Å². The molecule has 0 saturated heterocycles. The summed E-state index contributed by atoms with van der Waals surface area (Å²) in [5.41, 5.74) is 0.831. The van der Waals surface area contributed by atoms with E-state index in [0.29, 0.717) is 13.0 Å². The van der Waals surface area contributed by atoms with Gasteiger partial charge in [0.1, 0.15) is 12.4 Å². The molecule has 1 rings (SSSR count). The van der Waals surface area contributed by atoms with Gasteiger partial charge in [0.15, 0.2) is 5.78 Å². The first-order valence-electron chi connectivity index (χ1n) is 7.06. The number of hydrogen-bond acceptors (Lipinski definition) is 2. The third kappa shape index (κ3) is 7.73. The normalized spacial score (nSPS) is 10.6. The quantitative estimate of drug-likeness (QED) is 0.600. The van der Waals surface area contributed by atoms with E-state index in [1.807, 2.05) is 0 Å². The summed E-state index contributed by atoms with van der Waals surface area (Å²) in [6, 6.07) is 6.02. The van der Waals surface area contributed by atoms with Gasteiger partial charge in [-0.3, -0.25) is 4.79 Å². The fourth-order valence-electron chi connectivity index (χ4n) is 1.87. The summed E-state index contributed by atoms with van der Waals surface area (Å²) in [4.78, 5) is 11.6. The van der Waals surface area contributed by atoms with Crippen molar-refractivity contribution in [3.05, 3.63) is 35.6 Å². The molecule has 0 heterocycles. The molecule has 0 spiro atoms. The largest absolute Gasteiger partial charge is 0.374 e. The van der Waals surface area contributed by atoms with Gasteiger partial charge in [0, 0.05) is 13.0 Å². The molecule has 0 aliphatic carbocycles. The number of ketones is 1. The molecule has 19 heavy (non-hydrogen) atoms. The van der Waals surface area contributed by atoms with Crippen molar-refractivity contribution in [2.45, 2.75) is 45.4 Å². The van der Waals surface area contributed by atoms with E-state index in [9.17, 15) is 9.18 Å². The maximum Gasteiger partial charge on any atom is 0.162 e. The van der Waals surface area contributed by atoms with Crippen LogP contribution in [0.5, 0.6) is 0 Å².